The lowest BCUT2D eigenvalue weighted by atomic mass is 9.95. The number of benzene rings is 1. The molecule has 0 saturated heterocycles. The molecule has 0 saturated carbocycles. The molecule has 1 aromatic rings. The molecule has 2 rings (SSSR count). The van der Waals surface area contributed by atoms with Crippen molar-refractivity contribution in [1.29, 1.82) is 0 Å². The smallest absolute Gasteiger partial charge is 0.261 e. The lowest BCUT2D eigenvalue weighted by molar-refractivity contribution is 0.0692. The average Bonchev–Trinajstić information content (AvgIpc) is 2.53. The molecule has 0 bridgehead atoms. The van der Waals surface area contributed by atoms with Crippen LogP contribution in [0.1, 0.15) is 55.3 Å². The molecule has 92 valence electrons. The Bertz CT molecular complexity index is 563. The number of ketones is 2. The van der Waals surface area contributed by atoms with Gasteiger partial charge in [-0.25, -0.2) is 0 Å². The molecule has 0 radical (unpaired) electrons. The van der Waals surface area contributed by atoms with E-state index in [0.717, 1.165) is 4.90 Å². The third-order valence-electron chi connectivity index (χ3n) is 2.99. The van der Waals surface area contributed by atoms with Gasteiger partial charge in [-0.15, -0.1) is 0 Å². The van der Waals surface area contributed by atoms with Gasteiger partial charge in [0.25, 0.3) is 11.8 Å². The number of carbonyl (C=O) groups excluding carboxylic acids is 4. The fraction of sp³-hybridized carbons (Fsp3) is 0.231. The first-order valence-electron chi connectivity index (χ1n) is 5.37. The molecule has 0 atom stereocenters. The summed E-state index contributed by atoms with van der Waals surface area (Å²) >= 11 is 0. The summed E-state index contributed by atoms with van der Waals surface area (Å²) in [6.07, 6.45) is 0. The van der Waals surface area contributed by atoms with E-state index < -0.39 is 11.8 Å². The highest BCUT2D eigenvalue weighted by molar-refractivity contribution is 6.23. The first-order chi connectivity index (χ1) is 8.34. The van der Waals surface area contributed by atoms with Crippen molar-refractivity contribution in [3.63, 3.8) is 0 Å². The molecule has 0 aromatic heterocycles. The van der Waals surface area contributed by atoms with Crippen LogP contribution in [0.2, 0.25) is 0 Å². The number of imide groups is 1. The maximum atomic E-state index is 11.8. The van der Waals surface area contributed by atoms with Crippen LogP contribution in [0.25, 0.3) is 0 Å². The van der Waals surface area contributed by atoms with E-state index in [0.29, 0.717) is 0 Å². The Labute approximate surface area is 103 Å². The summed E-state index contributed by atoms with van der Waals surface area (Å²) < 4.78 is 0. The van der Waals surface area contributed by atoms with E-state index in [-0.39, 0.29) is 33.8 Å². The molecule has 5 nitrogen and oxygen atoms in total. The summed E-state index contributed by atoms with van der Waals surface area (Å²) in [5.41, 5.74) is 0.714. The zero-order valence-corrected chi connectivity index (χ0v) is 10.2. The van der Waals surface area contributed by atoms with Gasteiger partial charge in [-0.2, -0.15) is 0 Å². The van der Waals surface area contributed by atoms with Gasteiger partial charge in [0.1, 0.15) is 0 Å². The number of rotatable bonds is 2. The number of nitrogens with zero attached hydrogens (tertiary/aromatic N) is 1. The second-order valence-electron chi connectivity index (χ2n) is 4.23. The second kappa shape index (κ2) is 3.87. The van der Waals surface area contributed by atoms with Gasteiger partial charge in [0.2, 0.25) is 0 Å². The highest BCUT2D eigenvalue weighted by atomic mass is 16.2. The van der Waals surface area contributed by atoms with Crippen LogP contribution in [-0.4, -0.2) is 35.3 Å². The van der Waals surface area contributed by atoms with Gasteiger partial charge in [0.05, 0.1) is 11.1 Å². The lowest BCUT2D eigenvalue weighted by Gasteiger charge is -2.05. The van der Waals surface area contributed by atoms with Gasteiger partial charge >= 0.3 is 0 Å². The fourth-order valence-electron chi connectivity index (χ4n) is 1.99. The summed E-state index contributed by atoms with van der Waals surface area (Å²) in [6.45, 7) is 2.64. The number of Topliss-reactive ketones (excluding diaryl/α,β-unsaturated/α-hetero) is 2. The Balaban J connectivity index is 2.76. The number of hydrogen-bond acceptors (Lipinski definition) is 4. The molecule has 2 amide bonds. The third kappa shape index (κ3) is 1.55. The van der Waals surface area contributed by atoms with Crippen molar-refractivity contribution in [2.24, 2.45) is 0 Å². The Morgan fingerprint density at radius 1 is 0.889 bits per heavy atom. The van der Waals surface area contributed by atoms with Crippen molar-refractivity contribution >= 4 is 23.4 Å². The second-order valence-corrected chi connectivity index (χ2v) is 4.23. The maximum Gasteiger partial charge on any atom is 0.261 e. The topological polar surface area (TPSA) is 71.5 Å². The van der Waals surface area contributed by atoms with Crippen LogP contribution in [0.5, 0.6) is 0 Å². The van der Waals surface area contributed by atoms with Crippen molar-refractivity contribution < 1.29 is 19.2 Å². The summed E-state index contributed by atoms with van der Waals surface area (Å²) in [5, 5.41) is 0. The van der Waals surface area contributed by atoms with E-state index in [1.807, 2.05) is 0 Å². The SMILES string of the molecule is CC(=O)c1cc2c(cc1C(C)=O)C(=O)N(C)C2=O. The Morgan fingerprint density at radius 3 is 1.50 bits per heavy atom. The Hall–Kier alpha value is -2.30. The van der Waals surface area contributed by atoms with Gasteiger partial charge in [-0.3, -0.25) is 24.1 Å². The summed E-state index contributed by atoms with van der Waals surface area (Å²) in [5.74, 6) is -1.52. The number of fused-ring (bicyclic) bond motifs is 1. The summed E-state index contributed by atoms with van der Waals surface area (Å²) in [7, 11) is 1.37. The monoisotopic (exact) mass is 245 g/mol. The van der Waals surface area contributed by atoms with E-state index in [2.05, 4.69) is 0 Å². The Morgan fingerprint density at radius 2 is 1.22 bits per heavy atom. The molecule has 0 aliphatic carbocycles. The van der Waals surface area contributed by atoms with Gasteiger partial charge in [0.15, 0.2) is 11.6 Å². The average molecular weight is 245 g/mol. The molecule has 1 heterocycles. The summed E-state index contributed by atoms with van der Waals surface area (Å²) in [6, 6.07) is 2.66. The first kappa shape index (κ1) is 12.2. The Kier molecular flexibility index (Phi) is 2.62. The van der Waals surface area contributed by atoms with Crippen LogP contribution in [0, 0.1) is 0 Å². The van der Waals surface area contributed by atoms with Crippen LogP contribution in [0.4, 0.5) is 0 Å². The molecule has 1 aliphatic heterocycles. The predicted octanol–water partition coefficient (Wildman–Crippen LogP) is 1.32. The zero-order chi connectivity index (χ0) is 13.6. The molecule has 18 heavy (non-hydrogen) atoms. The minimum Gasteiger partial charge on any atom is -0.294 e. The van der Waals surface area contributed by atoms with Gasteiger partial charge in [-0.05, 0) is 26.0 Å². The van der Waals surface area contributed by atoms with E-state index in [9.17, 15) is 19.2 Å². The fourth-order valence-corrected chi connectivity index (χ4v) is 1.99. The van der Waals surface area contributed by atoms with Crippen molar-refractivity contribution in [3.8, 4) is 0 Å². The number of carbonyl (C=O) groups is 4. The normalized spacial score (nSPS) is 13.8. The van der Waals surface area contributed by atoms with Crippen molar-refractivity contribution in [2.45, 2.75) is 13.8 Å². The van der Waals surface area contributed by atoms with E-state index in [1.165, 1.54) is 33.0 Å². The van der Waals surface area contributed by atoms with Gasteiger partial charge in [-0.1, -0.05) is 0 Å². The summed E-state index contributed by atoms with van der Waals surface area (Å²) in [4.78, 5) is 47.5. The molecule has 0 unspecified atom stereocenters. The van der Waals surface area contributed by atoms with Crippen LogP contribution in [-0.2, 0) is 0 Å². The first-order valence-corrected chi connectivity index (χ1v) is 5.37. The van der Waals surface area contributed by atoms with Gasteiger partial charge in [0, 0.05) is 18.2 Å². The quantitative estimate of drug-likeness (QED) is 0.582. The van der Waals surface area contributed by atoms with Crippen LogP contribution in [0.15, 0.2) is 12.1 Å². The van der Waals surface area contributed by atoms with Crippen LogP contribution >= 0.6 is 0 Å². The zero-order valence-electron chi connectivity index (χ0n) is 10.2. The molecule has 0 spiro atoms. The van der Waals surface area contributed by atoms with E-state index in [4.69, 9.17) is 0 Å². The minimum atomic E-state index is -0.451. The number of amides is 2. The molecular formula is C13H11NO4. The molecule has 1 aromatic carbocycles. The number of hydrogen-bond donors (Lipinski definition) is 0. The third-order valence-corrected chi connectivity index (χ3v) is 2.99. The van der Waals surface area contributed by atoms with E-state index >= 15 is 0 Å². The molecule has 0 fully saturated rings. The van der Waals surface area contributed by atoms with Gasteiger partial charge < -0.3 is 0 Å². The predicted molar refractivity (Wildman–Crippen MR) is 62.9 cm³/mol. The standard InChI is InChI=1S/C13H11NO4/c1-6(15)8-4-10-11(5-9(8)7(2)16)13(18)14(3)12(10)17/h4-5H,1-3H3. The van der Waals surface area contributed by atoms with Crippen LogP contribution < -0.4 is 0 Å². The molecule has 1 aliphatic rings. The highest BCUT2D eigenvalue weighted by Gasteiger charge is 2.34. The van der Waals surface area contributed by atoms with Crippen LogP contribution in [0.3, 0.4) is 0 Å². The lowest BCUT2D eigenvalue weighted by Crippen LogP contribution is -2.24. The molecule has 5 heteroatoms. The highest BCUT2D eigenvalue weighted by Crippen LogP contribution is 2.26. The van der Waals surface area contributed by atoms with Crippen molar-refractivity contribution in [2.75, 3.05) is 7.05 Å². The largest absolute Gasteiger partial charge is 0.294 e. The molecule has 0 N–H and O–H groups in total. The van der Waals surface area contributed by atoms with Crippen molar-refractivity contribution in [3.05, 3.63) is 34.4 Å². The van der Waals surface area contributed by atoms with E-state index in [1.54, 1.807) is 0 Å². The van der Waals surface area contributed by atoms with Crippen molar-refractivity contribution in [1.82, 2.24) is 4.90 Å². The minimum absolute atomic E-state index is 0.178. The molecular weight excluding hydrogens is 234 g/mol. The maximum absolute atomic E-state index is 11.8.